The van der Waals surface area contributed by atoms with Crippen molar-refractivity contribution >= 4 is 28.2 Å². The maximum atomic E-state index is 14.3. The van der Waals surface area contributed by atoms with Crippen LogP contribution in [0.5, 0.6) is 0 Å². The number of hydrogen-bond donors (Lipinski definition) is 2. The Balaban J connectivity index is 1.34. The molecule has 6 rings (SSSR count). The molecule has 3 aromatic heterocycles. The van der Waals surface area contributed by atoms with Gasteiger partial charge in [-0.25, -0.2) is 9.50 Å². The molecule has 0 bridgehead atoms. The highest BCUT2D eigenvalue weighted by atomic mass is 16.2. The molecule has 2 aromatic carbocycles. The lowest BCUT2D eigenvalue weighted by molar-refractivity contribution is -0.125. The number of pyridine rings is 1. The number of aromatic nitrogens is 4. The second-order valence-corrected chi connectivity index (χ2v) is 11.2. The maximum absolute atomic E-state index is 14.3. The second-order valence-electron chi connectivity index (χ2n) is 11.2. The quantitative estimate of drug-likeness (QED) is 0.276. The van der Waals surface area contributed by atoms with Crippen LogP contribution in [-0.4, -0.2) is 37.5 Å². The Labute approximate surface area is 255 Å². The third-order valence-electron chi connectivity index (χ3n) is 8.23. The molecule has 1 atom stereocenters. The number of nitrogens with one attached hydrogen (secondary N) is 2. The lowest BCUT2D eigenvalue weighted by Gasteiger charge is -2.21. The summed E-state index contributed by atoms with van der Waals surface area (Å²) in [6.45, 7) is 3.84. The average molecular weight is 587 g/mol. The molecule has 2 amide bonds. The number of carbonyl (C=O) groups excluding carboxylic acids is 2. The van der Waals surface area contributed by atoms with Gasteiger partial charge in [0.15, 0.2) is 5.65 Å². The van der Waals surface area contributed by atoms with Gasteiger partial charge in [0.25, 0.3) is 11.5 Å². The number of carbonyl (C=O) groups is 2. The molecular formula is C35H34N6O3. The first-order valence-electron chi connectivity index (χ1n) is 15.0. The van der Waals surface area contributed by atoms with E-state index in [1.54, 1.807) is 34.5 Å². The van der Waals surface area contributed by atoms with Crippen LogP contribution in [0.3, 0.4) is 0 Å². The van der Waals surface area contributed by atoms with Crippen molar-refractivity contribution in [1.82, 2.24) is 29.8 Å². The van der Waals surface area contributed by atoms with E-state index in [1.807, 2.05) is 61.5 Å². The molecule has 44 heavy (non-hydrogen) atoms. The third-order valence-corrected chi connectivity index (χ3v) is 8.23. The van der Waals surface area contributed by atoms with Gasteiger partial charge < -0.3 is 10.6 Å². The molecule has 0 unspecified atom stereocenters. The maximum Gasteiger partial charge on any atom is 0.264 e. The number of aryl methyl sites for hydroxylation is 1. The van der Waals surface area contributed by atoms with Crippen LogP contribution in [0.25, 0.3) is 22.1 Å². The predicted molar refractivity (Wildman–Crippen MR) is 170 cm³/mol. The molecule has 0 radical (unpaired) electrons. The van der Waals surface area contributed by atoms with Crippen LogP contribution in [0.2, 0.25) is 0 Å². The summed E-state index contributed by atoms with van der Waals surface area (Å²) in [6, 6.07) is 18.0. The van der Waals surface area contributed by atoms with E-state index in [0.717, 1.165) is 25.7 Å². The van der Waals surface area contributed by atoms with Gasteiger partial charge in [0.05, 0.1) is 23.7 Å². The summed E-state index contributed by atoms with van der Waals surface area (Å²) >= 11 is 0. The molecule has 222 valence electrons. The Bertz CT molecular complexity index is 1980. The van der Waals surface area contributed by atoms with E-state index in [4.69, 9.17) is 0 Å². The minimum absolute atomic E-state index is 0.0547. The van der Waals surface area contributed by atoms with Crippen molar-refractivity contribution in [3.63, 3.8) is 0 Å². The zero-order valence-electron chi connectivity index (χ0n) is 24.8. The first-order chi connectivity index (χ1) is 21.4. The molecule has 0 saturated heterocycles. The van der Waals surface area contributed by atoms with Crippen LogP contribution in [0.4, 0.5) is 0 Å². The van der Waals surface area contributed by atoms with Crippen molar-refractivity contribution in [3.8, 4) is 17.5 Å². The zero-order valence-corrected chi connectivity index (χ0v) is 24.8. The van der Waals surface area contributed by atoms with Gasteiger partial charge >= 0.3 is 0 Å². The normalized spacial score (nSPS) is 14.1. The molecule has 5 aromatic rings. The highest BCUT2D eigenvalue weighted by molar-refractivity contribution is 6.01. The Morgan fingerprint density at radius 1 is 1.05 bits per heavy atom. The van der Waals surface area contributed by atoms with Gasteiger partial charge in [-0.3, -0.25) is 19.0 Å². The predicted octanol–water partition coefficient (Wildman–Crippen LogP) is 4.88. The number of fused-ring (bicyclic) bond motifs is 2. The Kier molecular flexibility index (Phi) is 8.24. The summed E-state index contributed by atoms with van der Waals surface area (Å²) in [6.07, 6.45) is 8.61. The van der Waals surface area contributed by atoms with Crippen LogP contribution in [0.15, 0.2) is 77.9 Å². The molecule has 0 aliphatic heterocycles. The van der Waals surface area contributed by atoms with Crippen molar-refractivity contribution in [2.24, 2.45) is 5.92 Å². The van der Waals surface area contributed by atoms with Gasteiger partial charge in [-0.2, -0.15) is 5.10 Å². The van der Waals surface area contributed by atoms with Gasteiger partial charge in [-0.15, -0.1) is 0 Å². The number of nitrogens with zero attached hydrogens (tertiary/aromatic N) is 4. The highest BCUT2D eigenvalue weighted by Gasteiger charge is 2.24. The number of hydrogen-bond acceptors (Lipinski definition) is 5. The molecule has 9 nitrogen and oxygen atoms in total. The fourth-order valence-electron chi connectivity index (χ4n) is 6.03. The van der Waals surface area contributed by atoms with E-state index >= 15 is 0 Å². The van der Waals surface area contributed by atoms with E-state index in [0.29, 0.717) is 44.6 Å². The van der Waals surface area contributed by atoms with E-state index in [2.05, 4.69) is 32.6 Å². The van der Waals surface area contributed by atoms with E-state index in [9.17, 15) is 14.4 Å². The van der Waals surface area contributed by atoms with Crippen molar-refractivity contribution in [2.45, 2.75) is 52.0 Å². The molecule has 2 N–H and O–H groups in total. The summed E-state index contributed by atoms with van der Waals surface area (Å²) < 4.78 is 3.21. The smallest absolute Gasteiger partial charge is 0.264 e. The van der Waals surface area contributed by atoms with Crippen LogP contribution < -0.4 is 16.2 Å². The second kappa shape index (κ2) is 12.6. The summed E-state index contributed by atoms with van der Waals surface area (Å²) in [7, 11) is 0. The van der Waals surface area contributed by atoms with Crippen LogP contribution >= 0.6 is 0 Å². The Morgan fingerprint density at radius 3 is 2.64 bits per heavy atom. The summed E-state index contributed by atoms with van der Waals surface area (Å²) in [4.78, 5) is 44.7. The monoisotopic (exact) mass is 586 g/mol. The van der Waals surface area contributed by atoms with Crippen molar-refractivity contribution in [1.29, 1.82) is 0 Å². The highest BCUT2D eigenvalue weighted by Crippen LogP contribution is 2.25. The molecule has 3 heterocycles. The van der Waals surface area contributed by atoms with Gasteiger partial charge in [0, 0.05) is 35.3 Å². The standard InChI is InChI=1S/C35H34N6O3/c1-23(38-34(43)30-24(2)39-40-21-11-20-36-32(30)40)29-22-27-15-9-14-25(16-10-19-37-33(42)26-12-5-3-6-13-26)31(27)35(44)41(29)28-17-7-4-8-18-28/h4,7-9,11,14-15,17-18,20-23,26H,3,5-6,12-13,19H2,1-2H3,(H,37,42)(H,38,43)/t23-/m0/s1. The van der Waals surface area contributed by atoms with Crippen molar-refractivity contribution in [2.75, 3.05) is 6.54 Å². The summed E-state index contributed by atoms with van der Waals surface area (Å²) in [5.41, 5.74) is 3.05. The van der Waals surface area contributed by atoms with Crippen molar-refractivity contribution < 1.29 is 9.59 Å². The summed E-state index contributed by atoms with van der Waals surface area (Å²) in [5, 5.41) is 11.6. The van der Waals surface area contributed by atoms with Crippen molar-refractivity contribution in [3.05, 3.63) is 106 Å². The van der Waals surface area contributed by atoms with Crippen LogP contribution in [-0.2, 0) is 4.79 Å². The lowest BCUT2D eigenvalue weighted by atomic mass is 9.89. The first kappa shape index (κ1) is 28.9. The Morgan fingerprint density at radius 2 is 1.84 bits per heavy atom. The number of benzene rings is 2. The molecule has 1 aliphatic carbocycles. The Hall–Kier alpha value is -5.23. The fraction of sp³-hybridized carbons (Fsp3) is 0.286. The fourth-order valence-corrected chi connectivity index (χ4v) is 6.03. The minimum Gasteiger partial charge on any atom is -0.345 e. The van der Waals surface area contributed by atoms with E-state index < -0.39 is 6.04 Å². The van der Waals surface area contributed by atoms with E-state index in [1.165, 1.54) is 6.42 Å². The summed E-state index contributed by atoms with van der Waals surface area (Å²) in [5.74, 6) is 5.96. The van der Waals surface area contributed by atoms with Gasteiger partial charge in [0.2, 0.25) is 5.91 Å². The third kappa shape index (κ3) is 5.71. The SMILES string of the molecule is Cc1nn2cccnc2c1C(=O)N[C@@H](C)c1cc2cccc(C#CCNC(=O)C3CCCCC3)c2c(=O)n1-c1ccccc1. The largest absolute Gasteiger partial charge is 0.345 e. The number of amides is 2. The number of para-hydroxylation sites is 1. The average Bonchev–Trinajstić information content (AvgIpc) is 3.39. The molecule has 9 heteroatoms. The van der Waals surface area contributed by atoms with Gasteiger partial charge in [-0.1, -0.05) is 61.4 Å². The van der Waals surface area contributed by atoms with Gasteiger partial charge in [-0.05, 0) is 62.4 Å². The zero-order chi connectivity index (χ0) is 30.6. The van der Waals surface area contributed by atoms with E-state index in [-0.39, 0.29) is 29.8 Å². The van der Waals surface area contributed by atoms with Crippen LogP contribution in [0.1, 0.15) is 72.4 Å². The molecular weight excluding hydrogens is 552 g/mol. The van der Waals surface area contributed by atoms with Crippen LogP contribution in [0, 0.1) is 24.7 Å². The lowest BCUT2D eigenvalue weighted by Crippen LogP contribution is -2.32. The first-order valence-corrected chi connectivity index (χ1v) is 15.0. The molecule has 1 fully saturated rings. The number of rotatable bonds is 6. The molecule has 1 aliphatic rings. The van der Waals surface area contributed by atoms with Gasteiger partial charge in [0.1, 0.15) is 5.56 Å². The topological polar surface area (TPSA) is 110 Å². The minimum atomic E-state index is -0.539. The molecule has 1 saturated carbocycles. The molecule has 0 spiro atoms.